The van der Waals surface area contributed by atoms with Gasteiger partial charge < -0.3 is 15.1 Å². The van der Waals surface area contributed by atoms with Crippen molar-refractivity contribution in [2.75, 3.05) is 31.5 Å². The maximum atomic E-state index is 14.2. The Bertz CT molecular complexity index is 1580. The number of hydrogen-bond donors (Lipinski definition) is 1. The molecule has 218 valence electrons. The van der Waals surface area contributed by atoms with Gasteiger partial charge in [0.2, 0.25) is 0 Å². The smallest absolute Gasteiger partial charge is 0.366 e. The molecule has 42 heavy (non-hydrogen) atoms. The van der Waals surface area contributed by atoms with Crippen LogP contribution in [0.3, 0.4) is 0 Å². The van der Waals surface area contributed by atoms with E-state index in [0.717, 1.165) is 50.2 Å². The molecule has 1 amide bonds. The van der Waals surface area contributed by atoms with E-state index in [4.69, 9.17) is 4.98 Å². The van der Waals surface area contributed by atoms with E-state index >= 15 is 0 Å². The summed E-state index contributed by atoms with van der Waals surface area (Å²) in [6.07, 6.45) is -0.119. The van der Waals surface area contributed by atoms with Crippen LogP contribution in [0.15, 0.2) is 72.8 Å². The summed E-state index contributed by atoms with van der Waals surface area (Å²) in [4.78, 5) is 23.3. The number of nitrogens with one attached hydrogen (secondary N) is 1. The maximum Gasteiger partial charge on any atom is 0.416 e. The summed E-state index contributed by atoms with van der Waals surface area (Å²) in [6.45, 7) is 3.91. The second kappa shape index (κ2) is 11.7. The summed E-state index contributed by atoms with van der Waals surface area (Å²) in [5.41, 5.74) is 2.54. The zero-order valence-corrected chi connectivity index (χ0v) is 23.1. The van der Waals surface area contributed by atoms with Gasteiger partial charge in [0.15, 0.2) is 0 Å². The molecule has 6 rings (SSSR count). The van der Waals surface area contributed by atoms with Crippen LogP contribution in [0.2, 0.25) is 0 Å². The number of aromatic nitrogens is 1. The van der Waals surface area contributed by atoms with Crippen LogP contribution in [0.4, 0.5) is 23.4 Å². The number of hydrogen-bond acceptors (Lipinski definition) is 4. The number of rotatable bonds is 7. The number of halogens is 4. The number of carbonyl (C=O) groups excluding carboxylic acids is 1. The van der Waals surface area contributed by atoms with Gasteiger partial charge in [-0.05, 0) is 97.9 Å². The molecule has 0 spiro atoms. The van der Waals surface area contributed by atoms with Gasteiger partial charge in [0.25, 0.3) is 5.91 Å². The van der Waals surface area contributed by atoms with E-state index in [1.807, 2.05) is 29.2 Å². The zero-order chi connectivity index (χ0) is 29.3. The molecular weight excluding hydrogens is 544 g/mol. The van der Waals surface area contributed by atoms with Gasteiger partial charge in [-0.2, -0.15) is 13.2 Å². The molecule has 4 aromatic rings. The Hall–Kier alpha value is -3.98. The van der Waals surface area contributed by atoms with Gasteiger partial charge >= 0.3 is 6.18 Å². The summed E-state index contributed by atoms with van der Waals surface area (Å²) >= 11 is 0. The van der Waals surface area contributed by atoms with Crippen LogP contribution in [0.1, 0.15) is 47.2 Å². The first kappa shape index (κ1) is 28.2. The standard InChI is InChI=1S/C33H32F4N4O/c34-26-6-3-5-23(17-26)24-10-13-30-28(18-24)29(32(42)41-16-4-7-27(41)21-40-14-1-2-15-40)19-31(39-30)38-20-22-8-11-25(12-9-22)33(35,36)37/h3,5-6,8-13,17-19,27H,1-2,4,7,14-16,20-21H2,(H,38,39)/t27-/m0/s1. The summed E-state index contributed by atoms with van der Waals surface area (Å²) < 4.78 is 53.0. The minimum absolute atomic E-state index is 0.0712. The van der Waals surface area contributed by atoms with Crippen LogP contribution in [-0.2, 0) is 12.7 Å². The first-order valence-corrected chi connectivity index (χ1v) is 14.4. The fourth-order valence-corrected chi connectivity index (χ4v) is 6.06. The van der Waals surface area contributed by atoms with Crippen molar-refractivity contribution < 1.29 is 22.4 Å². The minimum Gasteiger partial charge on any atom is -0.366 e. The highest BCUT2D eigenvalue weighted by molar-refractivity contribution is 6.08. The normalized spacial score (nSPS) is 17.7. The molecule has 2 fully saturated rings. The van der Waals surface area contributed by atoms with Crippen molar-refractivity contribution in [1.82, 2.24) is 14.8 Å². The molecule has 0 aliphatic carbocycles. The first-order chi connectivity index (χ1) is 20.2. The molecule has 5 nitrogen and oxygen atoms in total. The molecule has 2 saturated heterocycles. The fraction of sp³-hybridized carbons (Fsp3) is 0.333. The number of anilines is 1. The van der Waals surface area contributed by atoms with E-state index in [0.29, 0.717) is 40.0 Å². The highest BCUT2D eigenvalue weighted by Gasteiger charge is 2.33. The summed E-state index contributed by atoms with van der Waals surface area (Å²) in [6, 6.07) is 18.7. The lowest BCUT2D eigenvalue weighted by molar-refractivity contribution is -0.137. The fourth-order valence-electron chi connectivity index (χ4n) is 6.06. The Morgan fingerprint density at radius 2 is 1.67 bits per heavy atom. The summed E-state index contributed by atoms with van der Waals surface area (Å²) in [5.74, 6) is 0.0456. The molecule has 0 saturated carbocycles. The number of likely N-dealkylation sites (tertiary alicyclic amines) is 2. The third-order valence-electron chi connectivity index (χ3n) is 8.26. The van der Waals surface area contributed by atoms with Crippen LogP contribution < -0.4 is 5.32 Å². The molecule has 0 unspecified atom stereocenters. The second-order valence-electron chi connectivity index (χ2n) is 11.1. The van der Waals surface area contributed by atoms with Gasteiger partial charge in [0, 0.05) is 31.1 Å². The monoisotopic (exact) mass is 576 g/mol. The zero-order valence-electron chi connectivity index (χ0n) is 23.1. The SMILES string of the molecule is O=C(c1cc(NCc2ccc(C(F)(F)F)cc2)nc2ccc(-c3cccc(F)c3)cc12)N1CCC[C@H]1CN1CCCC1. The van der Waals surface area contributed by atoms with Crippen LogP contribution in [0.25, 0.3) is 22.0 Å². The molecule has 1 aromatic heterocycles. The predicted octanol–water partition coefficient (Wildman–Crippen LogP) is 7.37. The van der Waals surface area contributed by atoms with E-state index in [1.165, 1.54) is 37.1 Å². The van der Waals surface area contributed by atoms with Crippen molar-refractivity contribution in [3.63, 3.8) is 0 Å². The van der Waals surface area contributed by atoms with Gasteiger partial charge in [0.05, 0.1) is 16.6 Å². The van der Waals surface area contributed by atoms with Gasteiger partial charge in [-0.15, -0.1) is 0 Å². The van der Waals surface area contributed by atoms with Crippen LogP contribution in [0.5, 0.6) is 0 Å². The number of pyridine rings is 1. The number of nitrogens with zero attached hydrogens (tertiary/aromatic N) is 3. The molecule has 2 aliphatic rings. The maximum absolute atomic E-state index is 14.2. The van der Waals surface area contributed by atoms with E-state index in [1.54, 1.807) is 12.1 Å². The predicted molar refractivity (Wildman–Crippen MR) is 156 cm³/mol. The lowest BCUT2D eigenvalue weighted by Gasteiger charge is -2.29. The number of fused-ring (bicyclic) bond motifs is 1. The molecule has 9 heteroatoms. The first-order valence-electron chi connectivity index (χ1n) is 14.4. The number of alkyl halides is 3. The average molecular weight is 577 g/mol. The highest BCUT2D eigenvalue weighted by Crippen LogP contribution is 2.32. The van der Waals surface area contributed by atoms with Crippen LogP contribution in [-0.4, -0.2) is 52.9 Å². The highest BCUT2D eigenvalue weighted by atomic mass is 19.4. The number of amides is 1. The molecule has 0 bridgehead atoms. The van der Waals surface area contributed by atoms with Crippen molar-refractivity contribution in [2.45, 2.75) is 44.4 Å². The third-order valence-corrected chi connectivity index (χ3v) is 8.26. The Kier molecular flexibility index (Phi) is 7.86. The van der Waals surface area contributed by atoms with Crippen molar-refractivity contribution in [1.29, 1.82) is 0 Å². The van der Waals surface area contributed by atoms with Crippen molar-refractivity contribution in [3.8, 4) is 11.1 Å². The molecule has 3 heterocycles. The van der Waals surface area contributed by atoms with E-state index in [-0.39, 0.29) is 24.3 Å². The lowest BCUT2D eigenvalue weighted by Crippen LogP contribution is -2.42. The Morgan fingerprint density at radius 1 is 0.905 bits per heavy atom. The number of carbonyl (C=O) groups is 1. The third kappa shape index (κ3) is 6.11. The van der Waals surface area contributed by atoms with E-state index in [2.05, 4.69) is 10.2 Å². The second-order valence-corrected chi connectivity index (χ2v) is 11.1. The minimum atomic E-state index is -4.40. The van der Waals surface area contributed by atoms with Gasteiger partial charge in [-0.1, -0.05) is 30.3 Å². The average Bonchev–Trinajstić information content (AvgIpc) is 3.67. The van der Waals surface area contributed by atoms with Crippen molar-refractivity contribution in [2.24, 2.45) is 0 Å². The van der Waals surface area contributed by atoms with E-state index < -0.39 is 11.7 Å². The Labute approximate surface area is 242 Å². The lowest BCUT2D eigenvalue weighted by atomic mass is 9.99. The topological polar surface area (TPSA) is 48.5 Å². The van der Waals surface area contributed by atoms with Crippen LogP contribution in [0, 0.1) is 5.82 Å². The quantitative estimate of drug-likeness (QED) is 0.234. The summed E-state index contributed by atoms with van der Waals surface area (Å²) in [5, 5.41) is 3.87. The molecular formula is C33H32F4N4O. The van der Waals surface area contributed by atoms with Gasteiger partial charge in [0.1, 0.15) is 11.6 Å². The molecule has 1 atom stereocenters. The molecule has 3 aromatic carbocycles. The van der Waals surface area contributed by atoms with Gasteiger partial charge in [-0.3, -0.25) is 4.79 Å². The van der Waals surface area contributed by atoms with Gasteiger partial charge in [-0.25, -0.2) is 9.37 Å². The van der Waals surface area contributed by atoms with E-state index in [9.17, 15) is 22.4 Å². The van der Waals surface area contributed by atoms with Crippen molar-refractivity contribution >= 4 is 22.6 Å². The van der Waals surface area contributed by atoms with Crippen molar-refractivity contribution in [3.05, 3.63) is 95.3 Å². The Balaban J connectivity index is 1.33. The largest absolute Gasteiger partial charge is 0.416 e. The molecule has 0 radical (unpaired) electrons. The molecule has 2 aliphatic heterocycles. The van der Waals surface area contributed by atoms with Crippen LogP contribution >= 0.6 is 0 Å². The summed E-state index contributed by atoms with van der Waals surface area (Å²) in [7, 11) is 0. The number of benzene rings is 3. The Morgan fingerprint density at radius 3 is 2.40 bits per heavy atom. The molecule has 1 N–H and O–H groups in total.